The van der Waals surface area contributed by atoms with Gasteiger partial charge in [-0.3, -0.25) is 0 Å². The molecule has 0 spiro atoms. The van der Waals surface area contributed by atoms with Crippen LogP contribution in [0.1, 0.15) is 52.7 Å². The van der Waals surface area contributed by atoms with Gasteiger partial charge in [-0.25, -0.2) is 4.79 Å². The number of ether oxygens (including phenoxy) is 2. The fourth-order valence-corrected chi connectivity index (χ4v) is 2.27. The second-order valence-electron chi connectivity index (χ2n) is 7.62. The number of fused-ring (bicyclic) bond motifs is 1. The first-order valence-electron chi connectivity index (χ1n) is 7.41. The number of hydrogen-bond acceptors (Lipinski definition) is 4. The van der Waals surface area contributed by atoms with Crippen LogP contribution < -0.4 is 4.74 Å². The van der Waals surface area contributed by atoms with Crippen molar-refractivity contribution in [2.24, 2.45) is 0 Å². The van der Waals surface area contributed by atoms with Crippen molar-refractivity contribution in [3.63, 3.8) is 0 Å². The molecule has 1 heterocycles. The van der Waals surface area contributed by atoms with Crippen LogP contribution in [0, 0.1) is 0 Å². The number of carbonyl (C=O) groups is 1. The standard InChI is InChI=1S/C18H24O4/c1-17(2,3)13-9-15-11(8-14(13)19)7-12(10-21-15)16(20)22-18(4,5)6/h7-9,19H,10H2,1-6H3. The number of phenols is 1. The smallest absolute Gasteiger partial charge is 0.338 e. The molecule has 1 N–H and O–H groups in total. The summed E-state index contributed by atoms with van der Waals surface area (Å²) >= 11 is 0. The van der Waals surface area contributed by atoms with Crippen LogP contribution in [0.2, 0.25) is 0 Å². The molecule has 4 nitrogen and oxygen atoms in total. The van der Waals surface area contributed by atoms with E-state index in [2.05, 4.69) is 0 Å². The third-order valence-electron chi connectivity index (χ3n) is 3.31. The first-order chi connectivity index (χ1) is 9.97. The second-order valence-corrected chi connectivity index (χ2v) is 7.62. The molecule has 1 aliphatic rings. The van der Waals surface area contributed by atoms with E-state index >= 15 is 0 Å². The fraction of sp³-hybridized carbons (Fsp3) is 0.500. The summed E-state index contributed by atoms with van der Waals surface area (Å²) in [7, 11) is 0. The molecule has 0 saturated heterocycles. The van der Waals surface area contributed by atoms with E-state index < -0.39 is 11.6 Å². The third-order valence-corrected chi connectivity index (χ3v) is 3.31. The zero-order valence-corrected chi connectivity index (χ0v) is 14.1. The number of phenolic OH excluding ortho intramolecular Hbond substituents is 1. The van der Waals surface area contributed by atoms with Crippen LogP contribution in [0.5, 0.6) is 11.5 Å². The number of hydrogen-bond donors (Lipinski definition) is 1. The zero-order chi connectivity index (χ0) is 16.7. The number of rotatable bonds is 1. The summed E-state index contributed by atoms with van der Waals surface area (Å²) in [6.07, 6.45) is 1.72. The van der Waals surface area contributed by atoms with E-state index in [0.29, 0.717) is 16.9 Å². The molecule has 4 heteroatoms. The average molecular weight is 304 g/mol. The van der Waals surface area contributed by atoms with Crippen LogP contribution in [-0.2, 0) is 14.9 Å². The van der Waals surface area contributed by atoms with E-state index in [0.717, 1.165) is 5.56 Å². The molecule has 0 saturated carbocycles. The lowest BCUT2D eigenvalue weighted by Crippen LogP contribution is -2.27. The van der Waals surface area contributed by atoms with Crippen LogP contribution in [-0.4, -0.2) is 23.3 Å². The van der Waals surface area contributed by atoms with Crippen LogP contribution in [0.15, 0.2) is 17.7 Å². The highest BCUT2D eigenvalue weighted by Gasteiger charge is 2.26. The van der Waals surface area contributed by atoms with Crippen LogP contribution >= 0.6 is 0 Å². The number of carbonyl (C=O) groups excluding carboxylic acids is 1. The lowest BCUT2D eigenvalue weighted by molar-refractivity contribution is -0.150. The molecule has 22 heavy (non-hydrogen) atoms. The Balaban J connectivity index is 2.35. The molecule has 0 bridgehead atoms. The molecule has 1 aliphatic heterocycles. The maximum Gasteiger partial charge on any atom is 0.338 e. The molecule has 2 rings (SSSR count). The minimum atomic E-state index is -0.545. The van der Waals surface area contributed by atoms with Crippen LogP contribution in [0.4, 0.5) is 0 Å². The highest BCUT2D eigenvalue weighted by molar-refractivity contribution is 5.95. The van der Waals surface area contributed by atoms with E-state index in [-0.39, 0.29) is 17.8 Å². The van der Waals surface area contributed by atoms with E-state index in [1.165, 1.54) is 0 Å². The van der Waals surface area contributed by atoms with Crippen molar-refractivity contribution in [3.05, 3.63) is 28.8 Å². The molecule has 0 amide bonds. The monoisotopic (exact) mass is 304 g/mol. The quantitative estimate of drug-likeness (QED) is 0.802. The minimum Gasteiger partial charge on any atom is -0.508 e. The Bertz CT molecular complexity index is 628. The number of aromatic hydroxyl groups is 1. The third kappa shape index (κ3) is 3.62. The number of esters is 1. The van der Waals surface area contributed by atoms with Crippen molar-refractivity contribution in [1.29, 1.82) is 0 Å². The summed E-state index contributed by atoms with van der Waals surface area (Å²) in [4.78, 5) is 12.1. The van der Waals surface area contributed by atoms with E-state index in [9.17, 15) is 9.90 Å². The van der Waals surface area contributed by atoms with Gasteiger partial charge < -0.3 is 14.6 Å². The van der Waals surface area contributed by atoms with Crippen molar-refractivity contribution in [1.82, 2.24) is 0 Å². The summed E-state index contributed by atoms with van der Waals surface area (Å²) in [5, 5.41) is 10.2. The Labute approximate surface area is 131 Å². The predicted molar refractivity (Wildman–Crippen MR) is 86.1 cm³/mol. The highest BCUT2D eigenvalue weighted by Crippen LogP contribution is 2.38. The largest absolute Gasteiger partial charge is 0.508 e. The van der Waals surface area contributed by atoms with Gasteiger partial charge >= 0.3 is 5.97 Å². The molecule has 0 fully saturated rings. The first-order valence-corrected chi connectivity index (χ1v) is 7.41. The normalized spacial score (nSPS) is 14.7. The molecule has 120 valence electrons. The first kappa shape index (κ1) is 16.4. The van der Waals surface area contributed by atoms with E-state index in [1.54, 1.807) is 12.1 Å². The Hall–Kier alpha value is -1.97. The fourth-order valence-electron chi connectivity index (χ4n) is 2.27. The Morgan fingerprint density at radius 3 is 2.36 bits per heavy atom. The second kappa shape index (κ2) is 5.34. The molecule has 0 aliphatic carbocycles. The Morgan fingerprint density at radius 2 is 1.82 bits per heavy atom. The van der Waals surface area contributed by atoms with Gasteiger partial charge in [0.2, 0.25) is 0 Å². The topological polar surface area (TPSA) is 55.8 Å². The van der Waals surface area contributed by atoms with Crippen molar-refractivity contribution in [2.75, 3.05) is 6.61 Å². The molecule has 0 atom stereocenters. The summed E-state index contributed by atoms with van der Waals surface area (Å²) < 4.78 is 11.0. The maximum atomic E-state index is 12.1. The maximum absolute atomic E-state index is 12.1. The van der Waals surface area contributed by atoms with Gasteiger partial charge in [-0.05, 0) is 44.4 Å². The van der Waals surface area contributed by atoms with Gasteiger partial charge in [-0.15, -0.1) is 0 Å². The van der Waals surface area contributed by atoms with Gasteiger partial charge in [0.25, 0.3) is 0 Å². The van der Waals surface area contributed by atoms with Gasteiger partial charge in [-0.2, -0.15) is 0 Å². The zero-order valence-electron chi connectivity index (χ0n) is 14.1. The van der Waals surface area contributed by atoms with Gasteiger partial charge in [0, 0.05) is 11.1 Å². The Kier molecular flexibility index (Phi) is 3.98. The van der Waals surface area contributed by atoms with Crippen LogP contribution in [0.3, 0.4) is 0 Å². The molecule has 0 radical (unpaired) electrons. The molecule has 1 aromatic rings. The summed E-state index contributed by atoms with van der Waals surface area (Å²) in [5.41, 5.74) is 1.23. The number of benzene rings is 1. The lowest BCUT2D eigenvalue weighted by Gasteiger charge is -2.25. The van der Waals surface area contributed by atoms with Crippen molar-refractivity contribution in [3.8, 4) is 11.5 Å². The molecule has 0 unspecified atom stereocenters. The predicted octanol–water partition coefficient (Wildman–Crippen LogP) is 3.81. The van der Waals surface area contributed by atoms with Gasteiger partial charge in [-0.1, -0.05) is 20.8 Å². The van der Waals surface area contributed by atoms with E-state index in [4.69, 9.17) is 9.47 Å². The van der Waals surface area contributed by atoms with Crippen molar-refractivity contribution < 1.29 is 19.4 Å². The molecule has 0 aromatic heterocycles. The SMILES string of the molecule is CC(C)(C)OC(=O)C1=Cc2cc(O)c(C(C)(C)C)cc2OC1. The molecular weight excluding hydrogens is 280 g/mol. The Morgan fingerprint density at radius 1 is 1.18 bits per heavy atom. The van der Waals surface area contributed by atoms with Crippen molar-refractivity contribution in [2.45, 2.75) is 52.6 Å². The highest BCUT2D eigenvalue weighted by atomic mass is 16.6. The molecular formula is C18H24O4. The summed E-state index contributed by atoms with van der Waals surface area (Å²) in [5.74, 6) is 0.490. The molecule has 1 aromatic carbocycles. The average Bonchev–Trinajstić information content (AvgIpc) is 2.33. The summed E-state index contributed by atoms with van der Waals surface area (Å²) in [6, 6.07) is 3.48. The minimum absolute atomic E-state index is 0.177. The lowest BCUT2D eigenvalue weighted by atomic mass is 9.85. The van der Waals surface area contributed by atoms with Gasteiger partial charge in [0.05, 0.1) is 5.57 Å². The van der Waals surface area contributed by atoms with Gasteiger partial charge in [0.15, 0.2) is 0 Å². The van der Waals surface area contributed by atoms with Crippen molar-refractivity contribution >= 4 is 12.0 Å². The van der Waals surface area contributed by atoms with E-state index in [1.807, 2.05) is 47.6 Å². The summed E-state index contributed by atoms with van der Waals surface area (Å²) in [6.45, 7) is 11.7. The van der Waals surface area contributed by atoms with Crippen LogP contribution in [0.25, 0.3) is 6.08 Å². The van der Waals surface area contributed by atoms with Gasteiger partial charge in [0.1, 0.15) is 23.7 Å².